The molecule has 20 heavy (non-hydrogen) atoms. The highest BCUT2D eigenvalue weighted by molar-refractivity contribution is 5.87. The third kappa shape index (κ3) is 1.37. The van der Waals surface area contributed by atoms with Crippen LogP contribution in [0.25, 0.3) is 0 Å². The average molecular weight is 276 g/mol. The Morgan fingerprint density at radius 2 is 1.95 bits per heavy atom. The van der Waals surface area contributed by atoms with Gasteiger partial charge in [-0.3, -0.25) is 0 Å². The molecule has 0 amide bonds. The maximum Gasteiger partial charge on any atom is 0.333 e. The van der Waals surface area contributed by atoms with E-state index >= 15 is 0 Å². The number of ether oxygens (including phenoxy) is 1. The van der Waals surface area contributed by atoms with Crippen molar-refractivity contribution in [3.8, 4) is 0 Å². The zero-order valence-electron chi connectivity index (χ0n) is 12.2. The van der Waals surface area contributed by atoms with E-state index in [2.05, 4.69) is 6.58 Å². The maximum atomic E-state index is 12.1. The number of carbonyl (C=O) groups excluding carboxylic acids is 1. The minimum atomic E-state index is -0.229. The van der Waals surface area contributed by atoms with Gasteiger partial charge in [-0.2, -0.15) is 0 Å². The zero-order chi connectivity index (χ0) is 14.1. The van der Waals surface area contributed by atoms with Crippen LogP contribution >= 0.6 is 0 Å². The highest BCUT2D eigenvalue weighted by Crippen LogP contribution is 2.74. The first-order chi connectivity index (χ1) is 9.51. The van der Waals surface area contributed by atoms with Gasteiger partial charge in [-0.1, -0.05) is 6.58 Å². The quantitative estimate of drug-likeness (QED) is 0.490. The highest BCUT2D eigenvalue weighted by Gasteiger charge is 2.72. The summed E-state index contributed by atoms with van der Waals surface area (Å²) >= 11 is 0. The first kappa shape index (κ1) is 12.9. The van der Waals surface area contributed by atoms with Gasteiger partial charge in [-0.25, -0.2) is 4.79 Å². The molecule has 3 nitrogen and oxygen atoms in total. The Balaban J connectivity index is 1.68. The molecule has 0 heterocycles. The number of esters is 1. The number of fused-ring (bicyclic) bond motifs is 9. The van der Waals surface area contributed by atoms with Crippen molar-refractivity contribution in [3.63, 3.8) is 0 Å². The van der Waals surface area contributed by atoms with Crippen molar-refractivity contribution < 1.29 is 14.6 Å². The number of hydrogen-bond donors (Lipinski definition) is 1. The molecule has 6 atom stereocenters. The third-order valence-electron chi connectivity index (χ3n) is 6.90. The van der Waals surface area contributed by atoms with E-state index in [1.165, 1.54) is 19.3 Å². The van der Waals surface area contributed by atoms with Gasteiger partial charge in [0.2, 0.25) is 0 Å². The van der Waals surface area contributed by atoms with Crippen molar-refractivity contribution in [1.29, 1.82) is 0 Å². The fraction of sp³-hybridized carbons (Fsp3) is 0.824. The number of carbonyl (C=O) groups is 1. The minimum absolute atomic E-state index is 0.151. The second-order valence-electron chi connectivity index (χ2n) is 7.81. The van der Waals surface area contributed by atoms with Crippen molar-refractivity contribution in [1.82, 2.24) is 0 Å². The van der Waals surface area contributed by atoms with Crippen LogP contribution in [0.3, 0.4) is 0 Å². The molecule has 1 N–H and O–H groups in total. The van der Waals surface area contributed by atoms with Gasteiger partial charge in [-0.15, -0.1) is 0 Å². The third-order valence-corrected chi connectivity index (χ3v) is 6.90. The number of hydrogen-bond acceptors (Lipinski definition) is 3. The molecule has 6 unspecified atom stereocenters. The molecule has 4 aliphatic rings. The molecule has 0 saturated heterocycles. The van der Waals surface area contributed by atoms with Crippen LogP contribution in [-0.4, -0.2) is 23.3 Å². The normalized spacial score (nSPS) is 51.3. The topological polar surface area (TPSA) is 46.5 Å². The Kier molecular flexibility index (Phi) is 2.50. The van der Waals surface area contributed by atoms with E-state index in [0.29, 0.717) is 35.9 Å². The first-order valence-electron chi connectivity index (χ1n) is 8.01. The van der Waals surface area contributed by atoms with Gasteiger partial charge in [0.1, 0.15) is 5.60 Å². The van der Waals surface area contributed by atoms with Crippen LogP contribution in [0.5, 0.6) is 0 Å². The summed E-state index contributed by atoms with van der Waals surface area (Å²) < 4.78 is 5.99. The van der Waals surface area contributed by atoms with E-state index in [1.807, 2.05) is 0 Å². The summed E-state index contributed by atoms with van der Waals surface area (Å²) in [5.74, 6) is 2.21. The van der Waals surface area contributed by atoms with E-state index < -0.39 is 0 Å². The smallest absolute Gasteiger partial charge is 0.333 e. The molecule has 0 aromatic rings. The van der Waals surface area contributed by atoms with Crippen LogP contribution in [0.15, 0.2) is 12.2 Å². The van der Waals surface area contributed by atoms with Crippen LogP contribution in [0, 0.1) is 29.1 Å². The molecule has 4 bridgehead atoms. The number of aliphatic hydroxyl groups excluding tert-OH is 1. The molecule has 0 spiro atoms. The lowest BCUT2D eigenvalue weighted by molar-refractivity contribution is -0.163. The average Bonchev–Trinajstić information content (AvgIpc) is 3.15. The molecule has 0 aromatic carbocycles. The molecule has 4 saturated carbocycles. The lowest BCUT2D eigenvalue weighted by atomic mass is 9.64. The van der Waals surface area contributed by atoms with Gasteiger partial charge in [0.25, 0.3) is 0 Å². The second-order valence-corrected chi connectivity index (χ2v) is 7.81. The van der Waals surface area contributed by atoms with Crippen molar-refractivity contribution in [3.05, 3.63) is 12.2 Å². The summed E-state index contributed by atoms with van der Waals surface area (Å²) in [6, 6.07) is 0. The van der Waals surface area contributed by atoms with Gasteiger partial charge in [0.05, 0.1) is 0 Å². The van der Waals surface area contributed by atoms with Gasteiger partial charge in [0, 0.05) is 18.1 Å². The fourth-order valence-electron chi connectivity index (χ4n) is 6.40. The Hall–Kier alpha value is -0.830. The van der Waals surface area contributed by atoms with Crippen molar-refractivity contribution in [2.75, 3.05) is 6.61 Å². The molecule has 110 valence electrons. The van der Waals surface area contributed by atoms with Crippen molar-refractivity contribution >= 4 is 5.97 Å². The van der Waals surface area contributed by atoms with Gasteiger partial charge in [0.15, 0.2) is 0 Å². The van der Waals surface area contributed by atoms with E-state index in [4.69, 9.17) is 4.74 Å². The van der Waals surface area contributed by atoms with E-state index in [9.17, 15) is 9.90 Å². The molecule has 0 radical (unpaired) electrons. The predicted octanol–water partition coefficient (Wildman–Crippen LogP) is 2.68. The molecular weight excluding hydrogens is 252 g/mol. The summed E-state index contributed by atoms with van der Waals surface area (Å²) in [7, 11) is 0. The van der Waals surface area contributed by atoms with Crippen LogP contribution < -0.4 is 0 Å². The van der Waals surface area contributed by atoms with Crippen molar-refractivity contribution in [2.24, 2.45) is 29.1 Å². The molecule has 3 heteroatoms. The Labute approximate surface area is 120 Å². The van der Waals surface area contributed by atoms with Crippen LogP contribution in [-0.2, 0) is 9.53 Å². The lowest BCUT2D eigenvalue weighted by Crippen LogP contribution is -2.46. The molecule has 0 aliphatic heterocycles. The SMILES string of the molecule is C=C(C)C(=O)OC12CCC(C1)C1C2C2CCC1(CO)C2. The summed E-state index contributed by atoms with van der Waals surface area (Å²) in [5, 5.41) is 9.95. The van der Waals surface area contributed by atoms with E-state index in [0.717, 1.165) is 19.3 Å². The van der Waals surface area contributed by atoms with Crippen LogP contribution in [0.1, 0.15) is 45.4 Å². The summed E-state index contributed by atoms with van der Waals surface area (Å²) in [5.41, 5.74) is 0.428. The standard InChI is InChI=1S/C17H24O3/c1-10(2)15(19)20-17-6-4-12(8-17)13-14(17)11-3-5-16(13,7-11)9-18/h11-14,18H,1,3-9H2,2H3. The summed E-state index contributed by atoms with van der Waals surface area (Å²) in [6.45, 7) is 5.78. The summed E-state index contributed by atoms with van der Waals surface area (Å²) in [6.07, 6.45) is 6.76. The first-order valence-corrected chi connectivity index (χ1v) is 8.01. The molecule has 0 aromatic heterocycles. The lowest BCUT2D eigenvalue weighted by Gasteiger charge is -2.44. The van der Waals surface area contributed by atoms with Gasteiger partial charge < -0.3 is 9.84 Å². The van der Waals surface area contributed by atoms with Gasteiger partial charge >= 0.3 is 5.97 Å². The zero-order valence-corrected chi connectivity index (χ0v) is 12.2. The van der Waals surface area contributed by atoms with Crippen LogP contribution in [0.4, 0.5) is 0 Å². The molecule has 4 rings (SSSR count). The molecule has 4 fully saturated rings. The van der Waals surface area contributed by atoms with E-state index in [1.54, 1.807) is 6.92 Å². The predicted molar refractivity (Wildman–Crippen MR) is 74.8 cm³/mol. The maximum absolute atomic E-state index is 12.1. The minimum Gasteiger partial charge on any atom is -0.455 e. The van der Waals surface area contributed by atoms with E-state index in [-0.39, 0.29) is 17.0 Å². The number of rotatable bonds is 3. The second kappa shape index (κ2) is 3.88. The molecule has 4 aliphatic carbocycles. The van der Waals surface area contributed by atoms with Gasteiger partial charge in [-0.05, 0) is 68.6 Å². The van der Waals surface area contributed by atoms with Crippen molar-refractivity contribution in [2.45, 2.75) is 51.0 Å². The Morgan fingerprint density at radius 1 is 1.25 bits per heavy atom. The largest absolute Gasteiger partial charge is 0.455 e. The molecular formula is C17H24O3. The fourth-order valence-corrected chi connectivity index (χ4v) is 6.40. The summed E-state index contributed by atoms with van der Waals surface area (Å²) in [4.78, 5) is 12.1. The van der Waals surface area contributed by atoms with Crippen LogP contribution in [0.2, 0.25) is 0 Å². The monoisotopic (exact) mass is 276 g/mol. The Bertz CT molecular complexity index is 485. The highest BCUT2D eigenvalue weighted by atomic mass is 16.6. The Morgan fingerprint density at radius 3 is 2.65 bits per heavy atom. The number of aliphatic hydroxyl groups is 1.